The topological polar surface area (TPSA) is 17.8 Å². The maximum absolute atomic E-state index is 4.64. The van der Waals surface area contributed by atoms with Gasteiger partial charge in [-0.15, -0.1) is 0 Å². The highest BCUT2D eigenvalue weighted by Crippen LogP contribution is 2.29. The van der Waals surface area contributed by atoms with Crippen molar-refractivity contribution in [2.75, 3.05) is 0 Å². The molecule has 0 aliphatic heterocycles. The van der Waals surface area contributed by atoms with Gasteiger partial charge in [-0.1, -0.05) is 47.0 Å². The van der Waals surface area contributed by atoms with Crippen LogP contribution in [0.15, 0.2) is 12.5 Å². The molecule has 2 heteroatoms. The Morgan fingerprint density at radius 2 is 1.78 bits per heavy atom. The van der Waals surface area contributed by atoms with E-state index in [-0.39, 0.29) is 11.0 Å². The molecule has 1 rings (SSSR count). The molecule has 1 aromatic heterocycles. The fourth-order valence-corrected chi connectivity index (χ4v) is 2.13. The summed E-state index contributed by atoms with van der Waals surface area (Å²) in [6.07, 6.45) is 10.5. The first-order chi connectivity index (χ1) is 8.33. The summed E-state index contributed by atoms with van der Waals surface area (Å²) in [6.45, 7) is 13.6. The quantitative estimate of drug-likeness (QED) is 0.630. The van der Waals surface area contributed by atoms with E-state index in [0.29, 0.717) is 0 Å². The number of nitrogens with zero attached hydrogens (tertiary/aromatic N) is 2. The maximum Gasteiger partial charge on any atom is 0.0954 e. The van der Waals surface area contributed by atoms with E-state index in [0.717, 1.165) is 6.42 Å². The van der Waals surface area contributed by atoms with Gasteiger partial charge in [-0.05, 0) is 26.7 Å². The molecule has 1 heterocycles. The zero-order valence-corrected chi connectivity index (χ0v) is 13.1. The van der Waals surface area contributed by atoms with Gasteiger partial charge in [0, 0.05) is 17.2 Å². The summed E-state index contributed by atoms with van der Waals surface area (Å²) < 4.78 is 2.27. The lowest BCUT2D eigenvalue weighted by atomic mass is 9.84. The first kappa shape index (κ1) is 15.3. The zero-order valence-electron chi connectivity index (χ0n) is 13.1. The predicted octanol–water partition coefficient (Wildman–Crippen LogP) is 4.89. The number of rotatable bonds is 7. The van der Waals surface area contributed by atoms with Gasteiger partial charge in [-0.3, -0.25) is 0 Å². The minimum absolute atomic E-state index is 0.171. The second-order valence-corrected chi connectivity index (χ2v) is 6.67. The predicted molar refractivity (Wildman–Crippen MR) is 79.0 cm³/mol. The van der Waals surface area contributed by atoms with Crippen LogP contribution in [0.5, 0.6) is 0 Å². The standard InChI is InChI=1S/C16H30N2/c1-7-9-10-11-15(3,4)14-12-18(13-17-14)16(5,6)8-2/h12-13H,7-11H2,1-6H3. The lowest BCUT2D eigenvalue weighted by Crippen LogP contribution is -2.24. The number of imidazole rings is 1. The highest BCUT2D eigenvalue weighted by molar-refractivity contribution is 5.12. The molecule has 1 aromatic rings. The number of hydrogen-bond acceptors (Lipinski definition) is 1. The average Bonchev–Trinajstić information content (AvgIpc) is 2.80. The van der Waals surface area contributed by atoms with Crippen molar-refractivity contribution in [2.24, 2.45) is 0 Å². The van der Waals surface area contributed by atoms with Gasteiger partial charge in [-0.2, -0.15) is 0 Å². The van der Waals surface area contributed by atoms with Gasteiger partial charge in [0.25, 0.3) is 0 Å². The molecule has 0 bridgehead atoms. The van der Waals surface area contributed by atoms with Crippen molar-refractivity contribution in [3.63, 3.8) is 0 Å². The van der Waals surface area contributed by atoms with Crippen LogP contribution in [0.25, 0.3) is 0 Å². The van der Waals surface area contributed by atoms with Gasteiger partial charge >= 0.3 is 0 Å². The Labute approximate surface area is 113 Å². The lowest BCUT2D eigenvalue weighted by Gasteiger charge is -2.25. The van der Waals surface area contributed by atoms with Crippen LogP contribution in [0, 0.1) is 0 Å². The van der Waals surface area contributed by atoms with Crippen molar-refractivity contribution in [3.05, 3.63) is 18.2 Å². The van der Waals surface area contributed by atoms with Crippen molar-refractivity contribution in [3.8, 4) is 0 Å². The molecule has 0 radical (unpaired) electrons. The molecular formula is C16H30N2. The Morgan fingerprint density at radius 1 is 1.11 bits per heavy atom. The summed E-state index contributed by atoms with van der Waals surface area (Å²) in [6, 6.07) is 0. The molecule has 0 saturated heterocycles. The molecule has 104 valence electrons. The van der Waals surface area contributed by atoms with Gasteiger partial charge in [0.05, 0.1) is 12.0 Å². The minimum atomic E-state index is 0.171. The average molecular weight is 250 g/mol. The van der Waals surface area contributed by atoms with Crippen molar-refractivity contribution < 1.29 is 0 Å². The second kappa shape index (κ2) is 5.90. The molecule has 0 unspecified atom stereocenters. The molecule has 0 aliphatic rings. The fourth-order valence-electron chi connectivity index (χ4n) is 2.13. The van der Waals surface area contributed by atoms with E-state index in [2.05, 4.69) is 57.3 Å². The van der Waals surface area contributed by atoms with Crippen LogP contribution in [-0.4, -0.2) is 9.55 Å². The van der Waals surface area contributed by atoms with E-state index >= 15 is 0 Å². The summed E-state index contributed by atoms with van der Waals surface area (Å²) in [5, 5.41) is 0. The van der Waals surface area contributed by atoms with Gasteiger partial charge in [0.2, 0.25) is 0 Å². The van der Waals surface area contributed by atoms with Gasteiger partial charge in [0.1, 0.15) is 0 Å². The molecule has 0 saturated carbocycles. The molecule has 0 aliphatic carbocycles. The van der Waals surface area contributed by atoms with E-state index in [9.17, 15) is 0 Å². The van der Waals surface area contributed by atoms with E-state index in [1.807, 2.05) is 6.33 Å². The first-order valence-corrected chi connectivity index (χ1v) is 7.38. The molecule has 18 heavy (non-hydrogen) atoms. The first-order valence-electron chi connectivity index (χ1n) is 7.38. The monoisotopic (exact) mass is 250 g/mol. The maximum atomic E-state index is 4.64. The van der Waals surface area contributed by atoms with E-state index < -0.39 is 0 Å². The van der Waals surface area contributed by atoms with Crippen molar-refractivity contribution in [2.45, 2.75) is 84.6 Å². The van der Waals surface area contributed by atoms with Gasteiger partial charge in [-0.25, -0.2) is 4.98 Å². The summed E-state index contributed by atoms with van der Waals surface area (Å²) in [5.41, 5.74) is 1.61. The number of aromatic nitrogens is 2. The van der Waals surface area contributed by atoms with Crippen molar-refractivity contribution in [1.82, 2.24) is 9.55 Å². The van der Waals surface area contributed by atoms with Crippen LogP contribution in [0.3, 0.4) is 0 Å². The van der Waals surface area contributed by atoms with Crippen molar-refractivity contribution >= 4 is 0 Å². The minimum Gasteiger partial charge on any atom is -0.332 e. The number of unbranched alkanes of at least 4 members (excludes halogenated alkanes) is 2. The summed E-state index contributed by atoms with van der Waals surface area (Å²) in [7, 11) is 0. The van der Waals surface area contributed by atoms with Crippen LogP contribution in [0.2, 0.25) is 0 Å². The molecule has 2 nitrogen and oxygen atoms in total. The summed E-state index contributed by atoms with van der Waals surface area (Å²) in [4.78, 5) is 4.64. The molecule has 0 N–H and O–H groups in total. The molecule has 0 fully saturated rings. The second-order valence-electron chi connectivity index (χ2n) is 6.67. The van der Waals surface area contributed by atoms with Crippen LogP contribution >= 0.6 is 0 Å². The van der Waals surface area contributed by atoms with E-state index in [1.54, 1.807) is 0 Å². The third-order valence-corrected chi connectivity index (χ3v) is 4.25. The van der Waals surface area contributed by atoms with Crippen LogP contribution in [0.4, 0.5) is 0 Å². The van der Waals surface area contributed by atoms with E-state index in [4.69, 9.17) is 0 Å². The summed E-state index contributed by atoms with van der Waals surface area (Å²) in [5.74, 6) is 0. The molecule has 0 spiro atoms. The fraction of sp³-hybridized carbons (Fsp3) is 0.812. The molecule has 0 atom stereocenters. The third-order valence-electron chi connectivity index (χ3n) is 4.25. The molecule has 0 aromatic carbocycles. The Hall–Kier alpha value is -0.790. The van der Waals surface area contributed by atoms with Crippen LogP contribution in [-0.2, 0) is 11.0 Å². The normalized spacial score (nSPS) is 13.0. The van der Waals surface area contributed by atoms with Crippen LogP contribution in [0.1, 0.15) is 79.3 Å². The highest BCUT2D eigenvalue weighted by Gasteiger charge is 2.25. The Kier molecular flexibility index (Phi) is 5.01. The number of hydrogen-bond donors (Lipinski definition) is 0. The largest absolute Gasteiger partial charge is 0.332 e. The smallest absolute Gasteiger partial charge is 0.0954 e. The Balaban J connectivity index is 2.78. The van der Waals surface area contributed by atoms with E-state index in [1.165, 1.54) is 31.4 Å². The SMILES string of the molecule is CCCCCC(C)(C)c1cn(C(C)(C)CC)cn1. The zero-order chi connectivity index (χ0) is 13.8. The molecular weight excluding hydrogens is 220 g/mol. The third kappa shape index (κ3) is 3.60. The Bertz CT molecular complexity index is 361. The summed E-state index contributed by atoms with van der Waals surface area (Å²) >= 11 is 0. The lowest BCUT2D eigenvalue weighted by molar-refractivity contribution is 0.340. The van der Waals surface area contributed by atoms with Crippen LogP contribution < -0.4 is 0 Å². The Morgan fingerprint density at radius 3 is 2.33 bits per heavy atom. The van der Waals surface area contributed by atoms with Gasteiger partial charge < -0.3 is 4.57 Å². The van der Waals surface area contributed by atoms with Gasteiger partial charge in [0.15, 0.2) is 0 Å². The molecule has 0 amide bonds. The van der Waals surface area contributed by atoms with Crippen molar-refractivity contribution in [1.29, 1.82) is 0 Å². The highest BCUT2D eigenvalue weighted by atomic mass is 15.1.